The highest BCUT2D eigenvalue weighted by Gasteiger charge is 2.08. The van der Waals surface area contributed by atoms with Crippen molar-refractivity contribution in [1.29, 1.82) is 0 Å². The van der Waals surface area contributed by atoms with E-state index in [9.17, 15) is 0 Å². The molecule has 0 fully saturated rings. The van der Waals surface area contributed by atoms with Crippen LogP contribution in [0, 0.1) is 0 Å². The Morgan fingerprint density at radius 3 is 2.54 bits per heavy atom. The molecule has 13 heavy (non-hydrogen) atoms. The van der Waals surface area contributed by atoms with Gasteiger partial charge in [-0.15, -0.1) is 0 Å². The first-order valence-electron chi connectivity index (χ1n) is 4.49. The lowest BCUT2D eigenvalue weighted by molar-refractivity contribution is 0.681. The third-order valence-electron chi connectivity index (χ3n) is 2.10. The third-order valence-corrected chi connectivity index (χ3v) is 2.96. The highest BCUT2D eigenvalue weighted by atomic mass is 79.9. The van der Waals surface area contributed by atoms with Crippen LogP contribution in [-0.2, 0) is 0 Å². The summed E-state index contributed by atoms with van der Waals surface area (Å²) < 4.78 is 1.17. The van der Waals surface area contributed by atoms with E-state index in [1.54, 1.807) is 0 Å². The van der Waals surface area contributed by atoms with Gasteiger partial charge in [-0.25, -0.2) is 0 Å². The number of rotatable bonds is 3. The summed E-state index contributed by atoms with van der Waals surface area (Å²) in [7, 11) is 0. The van der Waals surface area contributed by atoms with Crippen LogP contribution >= 0.6 is 31.9 Å². The van der Waals surface area contributed by atoms with Crippen molar-refractivity contribution in [2.24, 2.45) is 0 Å². The Morgan fingerprint density at radius 2 is 2.00 bits per heavy atom. The highest BCUT2D eigenvalue weighted by molar-refractivity contribution is 9.10. The molecule has 1 aromatic carbocycles. The summed E-state index contributed by atoms with van der Waals surface area (Å²) in [4.78, 5) is 0.585. The molecule has 0 aliphatic heterocycles. The zero-order valence-corrected chi connectivity index (χ0v) is 11.1. The van der Waals surface area contributed by atoms with Crippen molar-refractivity contribution in [2.45, 2.75) is 31.0 Å². The molecule has 2 atom stereocenters. The van der Waals surface area contributed by atoms with Crippen molar-refractivity contribution in [3.63, 3.8) is 0 Å². The number of halogens is 2. The summed E-state index contributed by atoms with van der Waals surface area (Å²) in [5, 5.41) is 0. The van der Waals surface area contributed by atoms with Crippen molar-refractivity contribution >= 4 is 31.9 Å². The summed E-state index contributed by atoms with van der Waals surface area (Å²) in [6.07, 6.45) is 1.18. The molecule has 0 saturated carbocycles. The Hall–Kier alpha value is 0.180. The molecular formula is C11H14Br2. The topological polar surface area (TPSA) is 0 Å². The molecule has 0 aliphatic rings. The molecule has 0 spiro atoms. The van der Waals surface area contributed by atoms with Crippen molar-refractivity contribution < 1.29 is 0 Å². The molecule has 1 rings (SSSR count). The largest absolute Gasteiger partial charge is 0.0893 e. The first-order valence-corrected chi connectivity index (χ1v) is 6.20. The summed E-state index contributed by atoms with van der Waals surface area (Å²) in [5.74, 6) is 0.617. The van der Waals surface area contributed by atoms with Gasteiger partial charge in [0, 0.05) is 9.30 Å². The predicted molar refractivity (Wildman–Crippen MR) is 65.6 cm³/mol. The molecule has 0 radical (unpaired) electrons. The minimum Gasteiger partial charge on any atom is -0.0893 e. The maximum Gasteiger partial charge on any atom is 0.0178 e. The second-order valence-corrected chi connectivity index (χ2v) is 5.95. The molecule has 0 heterocycles. The molecule has 0 N–H and O–H groups in total. The Morgan fingerprint density at radius 1 is 1.31 bits per heavy atom. The van der Waals surface area contributed by atoms with Gasteiger partial charge in [-0.05, 0) is 30.0 Å². The van der Waals surface area contributed by atoms with Crippen LogP contribution in [0.3, 0.4) is 0 Å². The molecule has 2 unspecified atom stereocenters. The fraction of sp³-hybridized carbons (Fsp3) is 0.455. The van der Waals surface area contributed by atoms with Crippen LogP contribution in [0.25, 0.3) is 0 Å². The molecule has 0 nitrogen and oxygen atoms in total. The van der Waals surface area contributed by atoms with Crippen LogP contribution in [0.5, 0.6) is 0 Å². The SMILES string of the molecule is CC(Br)CC(C)c1cccc(Br)c1. The molecule has 0 bridgehead atoms. The quantitative estimate of drug-likeness (QED) is 0.708. The summed E-state index contributed by atoms with van der Waals surface area (Å²) >= 11 is 7.06. The monoisotopic (exact) mass is 304 g/mol. The fourth-order valence-corrected chi connectivity index (χ4v) is 2.41. The van der Waals surface area contributed by atoms with Gasteiger partial charge in [0.2, 0.25) is 0 Å². The predicted octanol–water partition coefficient (Wildman–Crippen LogP) is 4.73. The van der Waals surface area contributed by atoms with E-state index in [4.69, 9.17) is 0 Å². The minimum atomic E-state index is 0.585. The van der Waals surface area contributed by atoms with E-state index in [2.05, 4.69) is 70.0 Å². The van der Waals surface area contributed by atoms with Crippen LogP contribution in [0.2, 0.25) is 0 Å². The number of hydrogen-bond acceptors (Lipinski definition) is 0. The van der Waals surface area contributed by atoms with Gasteiger partial charge in [0.1, 0.15) is 0 Å². The number of alkyl halides is 1. The Balaban J connectivity index is 2.71. The van der Waals surface area contributed by atoms with Gasteiger partial charge in [0.25, 0.3) is 0 Å². The van der Waals surface area contributed by atoms with E-state index in [1.165, 1.54) is 16.5 Å². The number of benzene rings is 1. The molecule has 0 saturated heterocycles. The molecule has 0 aromatic heterocycles. The van der Waals surface area contributed by atoms with E-state index in [1.807, 2.05) is 0 Å². The fourth-order valence-electron chi connectivity index (χ4n) is 1.44. The minimum absolute atomic E-state index is 0.585. The van der Waals surface area contributed by atoms with Crippen molar-refractivity contribution in [2.75, 3.05) is 0 Å². The van der Waals surface area contributed by atoms with E-state index in [0.29, 0.717) is 10.7 Å². The van der Waals surface area contributed by atoms with Crippen LogP contribution in [0.4, 0.5) is 0 Å². The lowest BCUT2D eigenvalue weighted by atomic mass is 9.97. The van der Waals surface area contributed by atoms with Crippen LogP contribution in [-0.4, -0.2) is 4.83 Å². The average Bonchev–Trinajstić information content (AvgIpc) is 2.03. The maximum absolute atomic E-state index is 3.58. The highest BCUT2D eigenvalue weighted by Crippen LogP contribution is 2.25. The lowest BCUT2D eigenvalue weighted by Crippen LogP contribution is -2.00. The van der Waals surface area contributed by atoms with Crippen LogP contribution in [0.15, 0.2) is 28.7 Å². The zero-order chi connectivity index (χ0) is 9.84. The normalized spacial score (nSPS) is 15.4. The van der Waals surface area contributed by atoms with Gasteiger partial charge in [-0.1, -0.05) is 57.8 Å². The second kappa shape index (κ2) is 5.16. The smallest absolute Gasteiger partial charge is 0.0178 e. The second-order valence-electron chi connectivity index (χ2n) is 3.47. The maximum atomic E-state index is 3.58. The zero-order valence-electron chi connectivity index (χ0n) is 7.93. The van der Waals surface area contributed by atoms with Gasteiger partial charge in [-0.2, -0.15) is 0 Å². The Labute approximate surface area is 97.0 Å². The molecule has 1 aromatic rings. The standard InChI is InChI=1S/C11H14Br2/c1-8(6-9(2)12)10-4-3-5-11(13)7-10/h3-5,7-9H,6H2,1-2H3. The van der Waals surface area contributed by atoms with E-state index in [-0.39, 0.29) is 0 Å². The first-order chi connectivity index (χ1) is 6.09. The van der Waals surface area contributed by atoms with Gasteiger partial charge < -0.3 is 0 Å². The summed E-state index contributed by atoms with van der Waals surface area (Å²) in [6, 6.07) is 8.54. The summed E-state index contributed by atoms with van der Waals surface area (Å²) in [5.41, 5.74) is 1.40. The summed E-state index contributed by atoms with van der Waals surface area (Å²) in [6.45, 7) is 4.45. The van der Waals surface area contributed by atoms with Crippen molar-refractivity contribution in [3.8, 4) is 0 Å². The van der Waals surface area contributed by atoms with E-state index < -0.39 is 0 Å². The first kappa shape index (κ1) is 11.3. The molecular weight excluding hydrogens is 292 g/mol. The van der Waals surface area contributed by atoms with Crippen molar-refractivity contribution in [1.82, 2.24) is 0 Å². The van der Waals surface area contributed by atoms with Gasteiger partial charge in [-0.3, -0.25) is 0 Å². The van der Waals surface area contributed by atoms with Crippen LogP contribution < -0.4 is 0 Å². The Bertz CT molecular complexity index is 269. The average molecular weight is 306 g/mol. The van der Waals surface area contributed by atoms with E-state index in [0.717, 1.165) is 0 Å². The number of hydrogen-bond donors (Lipinski definition) is 0. The molecule has 2 heteroatoms. The van der Waals surface area contributed by atoms with Gasteiger partial charge in [0.15, 0.2) is 0 Å². The third kappa shape index (κ3) is 3.82. The Kier molecular flexibility index (Phi) is 4.47. The van der Waals surface area contributed by atoms with Crippen LogP contribution in [0.1, 0.15) is 31.7 Å². The molecule has 0 aliphatic carbocycles. The van der Waals surface area contributed by atoms with Gasteiger partial charge in [0.05, 0.1) is 0 Å². The van der Waals surface area contributed by atoms with E-state index >= 15 is 0 Å². The molecule has 0 amide bonds. The lowest BCUT2D eigenvalue weighted by Gasteiger charge is -2.13. The van der Waals surface area contributed by atoms with Gasteiger partial charge >= 0.3 is 0 Å². The molecule has 72 valence electrons. The van der Waals surface area contributed by atoms with Crippen molar-refractivity contribution in [3.05, 3.63) is 34.3 Å².